The predicted octanol–water partition coefficient (Wildman–Crippen LogP) is 5.40. The number of amides is 2. The third-order valence-electron chi connectivity index (χ3n) is 4.85. The molecule has 0 aromatic heterocycles. The van der Waals surface area contributed by atoms with Crippen LogP contribution in [0.15, 0.2) is 42.5 Å². The molecule has 0 radical (unpaired) electrons. The van der Waals surface area contributed by atoms with Gasteiger partial charge >= 0.3 is 0 Å². The number of hydrogen-bond acceptors (Lipinski definition) is 2. The van der Waals surface area contributed by atoms with Crippen molar-refractivity contribution >= 4 is 35.0 Å². The first-order valence-corrected chi connectivity index (χ1v) is 10.9. The molecule has 2 rings (SSSR count). The van der Waals surface area contributed by atoms with Crippen LogP contribution in [0.5, 0.6) is 0 Å². The van der Waals surface area contributed by atoms with Crippen molar-refractivity contribution in [2.45, 2.75) is 52.1 Å². The molecule has 0 saturated carbocycles. The number of unbranched alkanes of at least 4 members (excludes halogenated alkanes) is 1. The van der Waals surface area contributed by atoms with Crippen molar-refractivity contribution in [2.24, 2.45) is 0 Å². The minimum atomic E-state index is -0.671. The van der Waals surface area contributed by atoms with E-state index in [0.717, 1.165) is 18.4 Å². The third kappa shape index (κ3) is 6.71. The van der Waals surface area contributed by atoms with Crippen LogP contribution in [-0.2, 0) is 22.6 Å². The molecule has 2 aromatic rings. The highest BCUT2D eigenvalue weighted by Crippen LogP contribution is 2.24. The standard InChI is InChI=1S/C23H27Cl2FN2O2/c1-3-5-12-27-23(30)21(4-2)28(15-16-10-11-18(24)19(25)13-16)22(29)14-17-8-6-7-9-20(17)26/h6-11,13,21H,3-5,12,14-15H2,1-2H3,(H,27,30)/t21-/m0/s1. The summed E-state index contributed by atoms with van der Waals surface area (Å²) in [5.74, 6) is -0.989. The zero-order valence-corrected chi connectivity index (χ0v) is 18.8. The first-order valence-electron chi connectivity index (χ1n) is 10.1. The Labute approximate surface area is 187 Å². The van der Waals surface area contributed by atoms with Gasteiger partial charge in [0.15, 0.2) is 0 Å². The second-order valence-electron chi connectivity index (χ2n) is 7.11. The number of halogens is 3. The van der Waals surface area contributed by atoms with Crippen LogP contribution in [0, 0.1) is 5.82 Å². The summed E-state index contributed by atoms with van der Waals surface area (Å²) in [5.41, 5.74) is 1.04. The van der Waals surface area contributed by atoms with E-state index in [4.69, 9.17) is 23.2 Å². The SMILES string of the molecule is CCCCNC(=O)[C@H](CC)N(Cc1ccc(Cl)c(Cl)c1)C(=O)Cc1ccccc1F. The Morgan fingerprint density at radius 1 is 1.10 bits per heavy atom. The van der Waals surface area contributed by atoms with Gasteiger partial charge < -0.3 is 10.2 Å². The summed E-state index contributed by atoms with van der Waals surface area (Å²) >= 11 is 12.1. The van der Waals surface area contributed by atoms with Gasteiger partial charge in [0.05, 0.1) is 16.5 Å². The molecule has 7 heteroatoms. The molecule has 4 nitrogen and oxygen atoms in total. The number of benzene rings is 2. The Kier molecular flexibility index (Phi) is 9.60. The number of carbonyl (C=O) groups is 2. The fourth-order valence-corrected chi connectivity index (χ4v) is 3.49. The molecule has 0 fully saturated rings. The smallest absolute Gasteiger partial charge is 0.242 e. The molecule has 162 valence electrons. The van der Waals surface area contributed by atoms with Crippen molar-refractivity contribution in [2.75, 3.05) is 6.54 Å². The Balaban J connectivity index is 2.29. The van der Waals surface area contributed by atoms with Crippen molar-refractivity contribution in [3.8, 4) is 0 Å². The van der Waals surface area contributed by atoms with Gasteiger partial charge in [0.25, 0.3) is 0 Å². The van der Waals surface area contributed by atoms with Crippen LogP contribution >= 0.6 is 23.2 Å². The van der Waals surface area contributed by atoms with Crippen molar-refractivity contribution in [3.63, 3.8) is 0 Å². The molecule has 0 aliphatic carbocycles. The van der Waals surface area contributed by atoms with Gasteiger partial charge in [-0.05, 0) is 42.2 Å². The Bertz CT molecular complexity index is 876. The molecule has 0 saturated heterocycles. The van der Waals surface area contributed by atoms with Crippen LogP contribution in [0.25, 0.3) is 0 Å². The first-order chi connectivity index (χ1) is 14.4. The lowest BCUT2D eigenvalue weighted by molar-refractivity contribution is -0.141. The van der Waals surface area contributed by atoms with E-state index in [1.54, 1.807) is 36.4 Å². The minimum Gasteiger partial charge on any atom is -0.354 e. The van der Waals surface area contributed by atoms with E-state index in [1.807, 2.05) is 13.8 Å². The topological polar surface area (TPSA) is 49.4 Å². The number of nitrogens with zero attached hydrogens (tertiary/aromatic N) is 1. The fraction of sp³-hybridized carbons (Fsp3) is 0.391. The average molecular weight is 453 g/mol. The number of carbonyl (C=O) groups excluding carboxylic acids is 2. The zero-order valence-electron chi connectivity index (χ0n) is 17.3. The second-order valence-corrected chi connectivity index (χ2v) is 7.92. The van der Waals surface area contributed by atoms with E-state index in [-0.39, 0.29) is 24.8 Å². The van der Waals surface area contributed by atoms with Crippen molar-refractivity contribution in [1.82, 2.24) is 10.2 Å². The lowest BCUT2D eigenvalue weighted by Gasteiger charge is -2.31. The van der Waals surface area contributed by atoms with Crippen LogP contribution in [0.4, 0.5) is 4.39 Å². The van der Waals surface area contributed by atoms with E-state index in [1.165, 1.54) is 11.0 Å². The average Bonchev–Trinajstić information content (AvgIpc) is 2.72. The molecule has 2 amide bonds. The van der Waals surface area contributed by atoms with Crippen molar-refractivity contribution < 1.29 is 14.0 Å². The van der Waals surface area contributed by atoms with E-state index in [0.29, 0.717) is 28.6 Å². The first kappa shape index (κ1) is 24.2. The van der Waals surface area contributed by atoms with Crippen LogP contribution < -0.4 is 5.32 Å². The number of nitrogens with one attached hydrogen (secondary N) is 1. The van der Waals surface area contributed by atoms with Crippen molar-refractivity contribution in [1.29, 1.82) is 0 Å². The summed E-state index contributed by atoms with van der Waals surface area (Å²) in [6.45, 7) is 4.61. The summed E-state index contributed by atoms with van der Waals surface area (Å²) in [6.07, 6.45) is 2.11. The van der Waals surface area contributed by atoms with Gasteiger partial charge in [-0.3, -0.25) is 9.59 Å². The molecule has 0 spiro atoms. The molecule has 1 N–H and O–H groups in total. The largest absolute Gasteiger partial charge is 0.354 e. The highest BCUT2D eigenvalue weighted by atomic mass is 35.5. The van der Waals surface area contributed by atoms with Crippen molar-refractivity contribution in [3.05, 3.63) is 69.5 Å². The maximum Gasteiger partial charge on any atom is 0.242 e. The quantitative estimate of drug-likeness (QED) is 0.490. The van der Waals surface area contributed by atoms with Gasteiger partial charge in [-0.25, -0.2) is 4.39 Å². The molecule has 0 aliphatic rings. The lowest BCUT2D eigenvalue weighted by Crippen LogP contribution is -2.49. The van der Waals surface area contributed by atoms with E-state index in [2.05, 4.69) is 5.32 Å². The summed E-state index contributed by atoms with van der Waals surface area (Å²) in [6, 6.07) is 10.6. The molecule has 30 heavy (non-hydrogen) atoms. The van der Waals surface area contributed by atoms with Crippen LogP contribution in [-0.4, -0.2) is 29.3 Å². The number of hydrogen-bond donors (Lipinski definition) is 1. The van der Waals surface area contributed by atoms with Gasteiger partial charge in [0.1, 0.15) is 11.9 Å². The van der Waals surface area contributed by atoms with Gasteiger partial charge in [-0.1, -0.05) is 67.7 Å². The van der Waals surface area contributed by atoms with Gasteiger partial charge in [-0.15, -0.1) is 0 Å². The summed E-state index contributed by atoms with van der Waals surface area (Å²) < 4.78 is 14.1. The number of rotatable bonds is 10. The van der Waals surface area contributed by atoms with Gasteiger partial charge in [-0.2, -0.15) is 0 Å². The Hall–Kier alpha value is -2.11. The lowest BCUT2D eigenvalue weighted by atomic mass is 10.1. The molecule has 0 bridgehead atoms. The molecular formula is C23H27Cl2FN2O2. The minimum absolute atomic E-state index is 0.132. The normalized spacial score (nSPS) is 11.8. The molecule has 1 atom stereocenters. The molecular weight excluding hydrogens is 426 g/mol. The van der Waals surface area contributed by atoms with Crippen LogP contribution in [0.1, 0.15) is 44.2 Å². The predicted molar refractivity (Wildman–Crippen MR) is 119 cm³/mol. The maximum atomic E-state index is 14.1. The van der Waals surface area contributed by atoms with Crippen LogP contribution in [0.3, 0.4) is 0 Å². The molecule has 0 aliphatic heterocycles. The summed E-state index contributed by atoms with van der Waals surface area (Å²) in [5, 5.41) is 3.68. The van der Waals surface area contributed by atoms with Gasteiger partial charge in [0, 0.05) is 13.1 Å². The second kappa shape index (κ2) is 11.9. The molecule has 2 aromatic carbocycles. The maximum absolute atomic E-state index is 14.1. The van der Waals surface area contributed by atoms with Crippen LogP contribution in [0.2, 0.25) is 10.0 Å². The Morgan fingerprint density at radius 3 is 2.47 bits per heavy atom. The highest BCUT2D eigenvalue weighted by Gasteiger charge is 2.29. The molecule has 0 unspecified atom stereocenters. The highest BCUT2D eigenvalue weighted by molar-refractivity contribution is 6.42. The van der Waals surface area contributed by atoms with E-state index in [9.17, 15) is 14.0 Å². The third-order valence-corrected chi connectivity index (χ3v) is 5.59. The zero-order chi connectivity index (χ0) is 22.1. The summed E-state index contributed by atoms with van der Waals surface area (Å²) in [7, 11) is 0. The summed E-state index contributed by atoms with van der Waals surface area (Å²) in [4.78, 5) is 27.5. The monoisotopic (exact) mass is 452 g/mol. The van der Waals surface area contributed by atoms with Gasteiger partial charge in [0.2, 0.25) is 11.8 Å². The fourth-order valence-electron chi connectivity index (χ4n) is 3.17. The molecule has 0 heterocycles. The van der Waals surface area contributed by atoms with E-state index >= 15 is 0 Å². The van der Waals surface area contributed by atoms with E-state index < -0.39 is 11.9 Å². The Morgan fingerprint density at radius 2 is 1.83 bits per heavy atom.